The molecule has 6 heteroatoms. The minimum Gasteiger partial charge on any atom is -0.379 e. The first-order valence-electron chi connectivity index (χ1n) is 8.01. The van der Waals surface area contributed by atoms with Crippen molar-refractivity contribution >= 4 is 10.0 Å². The van der Waals surface area contributed by atoms with Crippen molar-refractivity contribution in [2.24, 2.45) is 5.92 Å². The predicted molar refractivity (Wildman–Crippen MR) is 85.2 cm³/mol. The molecule has 0 aliphatic carbocycles. The quantitative estimate of drug-likeness (QED) is 0.840. The molecule has 22 heavy (non-hydrogen) atoms. The summed E-state index contributed by atoms with van der Waals surface area (Å²) in [5.74, 6) is 0.598. The highest BCUT2D eigenvalue weighted by Gasteiger charge is 2.30. The van der Waals surface area contributed by atoms with Crippen LogP contribution in [0.15, 0.2) is 35.2 Å². The Bertz CT molecular complexity index is 562. The molecule has 0 unspecified atom stereocenters. The number of nitrogens with zero attached hydrogens (tertiary/aromatic N) is 2. The van der Waals surface area contributed by atoms with Crippen molar-refractivity contribution in [2.45, 2.75) is 17.7 Å². The lowest BCUT2D eigenvalue weighted by molar-refractivity contribution is 0.0269. The molecular weight excluding hydrogens is 300 g/mol. The molecule has 0 spiro atoms. The zero-order chi connectivity index (χ0) is 15.4. The maximum Gasteiger partial charge on any atom is 0.243 e. The van der Waals surface area contributed by atoms with Crippen LogP contribution in [0, 0.1) is 5.92 Å². The lowest BCUT2D eigenvalue weighted by Crippen LogP contribution is -2.44. The first-order chi connectivity index (χ1) is 10.7. The average Bonchev–Trinajstić information content (AvgIpc) is 2.57. The number of hydrogen-bond acceptors (Lipinski definition) is 4. The van der Waals surface area contributed by atoms with Gasteiger partial charge in [0.15, 0.2) is 0 Å². The van der Waals surface area contributed by atoms with Crippen LogP contribution in [0.4, 0.5) is 0 Å². The third-order valence-electron chi connectivity index (χ3n) is 4.57. The van der Waals surface area contributed by atoms with Crippen molar-refractivity contribution in [1.82, 2.24) is 9.21 Å². The molecule has 0 radical (unpaired) electrons. The number of hydrogen-bond donors (Lipinski definition) is 0. The summed E-state index contributed by atoms with van der Waals surface area (Å²) in [7, 11) is -3.32. The van der Waals surface area contributed by atoms with Gasteiger partial charge in [-0.2, -0.15) is 4.31 Å². The van der Waals surface area contributed by atoms with Crippen LogP contribution in [0.25, 0.3) is 0 Å². The lowest BCUT2D eigenvalue weighted by Gasteiger charge is -2.35. The normalized spacial score (nSPS) is 22.7. The fourth-order valence-corrected chi connectivity index (χ4v) is 4.71. The fourth-order valence-electron chi connectivity index (χ4n) is 3.22. The second kappa shape index (κ2) is 7.08. The average molecular weight is 324 g/mol. The van der Waals surface area contributed by atoms with Gasteiger partial charge in [0, 0.05) is 32.7 Å². The van der Waals surface area contributed by atoms with E-state index in [1.54, 1.807) is 28.6 Å². The van der Waals surface area contributed by atoms with Gasteiger partial charge in [0.2, 0.25) is 10.0 Å². The molecule has 2 aliphatic rings. The van der Waals surface area contributed by atoms with Crippen molar-refractivity contribution in [3.8, 4) is 0 Å². The summed E-state index contributed by atoms with van der Waals surface area (Å²) in [6.07, 6.45) is 1.90. The summed E-state index contributed by atoms with van der Waals surface area (Å²) in [5, 5.41) is 0. The van der Waals surface area contributed by atoms with Gasteiger partial charge in [-0.25, -0.2) is 8.42 Å². The highest BCUT2D eigenvalue weighted by atomic mass is 32.2. The summed E-state index contributed by atoms with van der Waals surface area (Å²) in [6.45, 7) is 5.98. The van der Waals surface area contributed by atoms with E-state index < -0.39 is 10.0 Å². The predicted octanol–water partition coefficient (Wildman–Crippen LogP) is 1.42. The van der Waals surface area contributed by atoms with Crippen LogP contribution < -0.4 is 0 Å². The highest BCUT2D eigenvalue weighted by molar-refractivity contribution is 7.89. The van der Waals surface area contributed by atoms with E-state index in [2.05, 4.69) is 4.90 Å². The molecule has 1 aromatic carbocycles. The summed E-state index contributed by atoms with van der Waals surface area (Å²) in [4.78, 5) is 2.84. The first-order valence-corrected chi connectivity index (χ1v) is 9.45. The minimum absolute atomic E-state index is 0.404. The molecule has 1 aromatic rings. The zero-order valence-corrected chi connectivity index (χ0v) is 13.7. The SMILES string of the molecule is O=S(=O)(c1ccccc1)N1CCC(CN2CCOCC2)CC1. The maximum absolute atomic E-state index is 12.6. The lowest BCUT2D eigenvalue weighted by atomic mass is 9.97. The number of benzene rings is 1. The molecule has 2 heterocycles. The van der Waals surface area contributed by atoms with E-state index in [9.17, 15) is 8.42 Å². The Hall–Kier alpha value is -0.950. The van der Waals surface area contributed by atoms with Gasteiger partial charge in [0.25, 0.3) is 0 Å². The molecule has 122 valence electrons. The number of rotatable bonds is 4. The first kappa shape index (κ1) is 15.9. The molecule has 5 nitrogen and oxygen atoms in total. The van der Waals surface area contributed by atoms with Crippen molar-refractivity contribution in [1.29, 1.82) is 0 Å². The fraction of sp³-hybridized carbons (Fsp3) is 0.625. The van der Waals surface area contributed by atoms with Crippen LogP contribution in [-0.4, -0.2) is 63.6 Å². The Morgan fingerprint density at radius 2 is 1.64 bits per heavy atom. The Labute approximate surface area is 132 Å². The standard InChI is InChI=1S/C16H24N2O3S/c19-22(20,16-4-2-1-3-5-16)18-8-6-15(7-9-18)14-17-10-12-21-13-11-17/h1-5,15H,6-14H2. The summed E-state index contributed by atoms with van der Waals surface area (Å²) < 4.78 is 32.2. The molecule has 0 aromatic heterocycles. The largest absolute Gasteiger partial charge is 0.379 e. The number of morpholine rings is 1. The van der Waals surface area contributed by atoms with Gasteiger partial charge in [0.1, 0.15) is 0 Å². The van der Waals surface area contributed by atoms with E-state index in [-0.39, 0.29) is 0 Å². The molecule has 0 amide bonds. The van der Waals surface area contributed by atoms with Crippen LogP contribution in [0.2, 0.25) is 0 Å². The van der Waals surface area contributed by atoms with Gasteiger partial charge in [0.05, 0.1) is 18.1 Å². The van der Waals surface area contributed by atoms with E-state index in [0.717, 1.165) is 45.7 Å². The topological polar surface area (TPSA) is 49.9 Å². The third-order valence-corrected chi connectivity index (χ3v) is 6.49. The summed E-state index contributed by atoms with van der Waals surface area (Å²) in [6, 6.07) is 8.74. The molecule has 0 atom stereocenters. The Kier molecular flexibility index (Phi) is 5.13. The Balaban J connectivity index is 1.55. The molecule has 3 rings (SSSR count). The van der Waals surface area contributed by atoms with E-state index in [0.29, 0.717) is 23.9 Å². The summed E-state index contributed by atoms with van der Waals surface area (Å²) in [5.41, 5.74) is 0. The molecular formula is C16H24N2O3S. The molecule has 0 N–H and O–H groups in total. The van der Waals surface area contributed by atoms with E-state index in [1.807, 2.05) is 6.07 Å². The van der Waals surface area contributed by atoms with Crippen molar-refractivity contribution in [3.05, 3.63) is 30.3 Å². The van der Waals surface area contributed by atoms with Crippen LogP contribution in [-0.2, 0) is 14.8 Å². The Morgan fingerprint density at radius 3 is 2.27 bits per heavy atom. The molecule has 0 bridgehead atoms. The van der Waals surface area contributed by atoms with Crippen molar-refractivity contribution in [3.63, 3.8) is 0 Å². The van der Waals surface area contributed by atoms with Gasteiger partial charge in [-0.15, -0.1) is 0 Å². The number of ether oxygens (including phenoxy) is 1. The van der Waals surface area contributed by atoms with Gasteiger partial charge < -0.3 is 4.74 Å². The Morgan fingerprint density at radius 1 is 1.00 bits per heavy atom. The number of sulfonamides is 1. The third kappa shape index (κ3) is 3.68. The molecule has 0 saturated carbocycles. The molecule has 2 aliphatic heterocycles. The smallest absolute Gasteiger partial charge is 0.243 e. The van der Waals surface area contributed by atoms with Gasteiger partial charge >= 0.3 is 0 Å². The summed E-state index contributed by atoms with van der Waals surface area (Å²) >= 11 is 0. The molecule has 2 fully saturated rings. The number of piperidine rings is 1. The van der Waals surface area contributed by atoms with E-state index >= 15 is 0 Å². The van der Waals surface area contributed by atoms with Crippen LogP contribution in [0.5, 0.6) is 0 Å². The van der Waals surface area contributed by atoms with Crippen LogP contribution in [0.1, 0.15) is 12.8 Å². The van der Waals surface area contributed by atoms with Gasteiger partial charge in [-0.05, 0) is 30.9 Å². The zero-order valence-electron chi connectivity index (χ0n) is 12.9. The van der Waals surface area contributed by atoms with Crippen LogP contribution >= 0.6 is 0 Å². The van der Waals surface area contributed by atoms with E-state index in [1.165, 1.54) is 0 Å². The van der Waals surface area contributed by atoms with Crippen molar-refractivity contribution < 1.29 is 13.2 Å². The van der Waals surface area contributed by atoms with Crippen molar-refractivity contribution in [2.75, 3.05) is 45.9 Å². The maximum atomic E-state index is 12.6. The van der Waals surface area contributed by atoms with Gasteiger partial charge in [-0.1, -0.05) is 18.2 Å². The van der Waals surface area contributed by atoms with E-state index in [4.69, 9.17) is 4.74 Å². The van der Waals surface area contributed by atoms with Crippen LogP contribution in [0.3, 0.4) is 0 Å². The monoisotopic (exact) mass is 324 g/mol. The highest BCUT2D eigenvalue weighted by Crippen LogP contribution is 2.24. The second-order valence-corrected chi connectivity index (χ2v) is 8.01. The second-order valence-electron chi connectivity index (χ2n) is 6.07. The minimum atomic E-state index is -3.32. The molecule has 2 saturated heterocycles. The van der Waals surface area contributed by atoms with Gasteiger partial charge in [-0.3, -0.25) is 4.90 Å².